The predicted molar refractivity (Wildman–Crippen MR) is 139 cm³/mol. The molecule has 9 heteroatoms. The first-order valence-corrected chi connectivity index (χ1v) is 12.5. The standard InChI is InChI=1S/C27H27Cl2F3N2O2/c1-3-24-18(13-21-20-8-6-5-7-17(20)9-10-25(21)36-12-11-35)16-33(4-2)34(24)26-22(28)14-19(15-23(26)29)27(30,31)32/h5-10,14-15,35H,3-4,11-13,16H2,1-2H3. The van der Waals surface area contributed by atoms with Crippen LogP contribution in [0.4, 0.5) is 18.9 Å². The maximum absolute atomic E-state index is 13.3. The zero-order chi connectivity index (χ0) is 26.0. The number of likely N-dealkylation sites (N-methyl/N-ethyl adjacent to an activating group) is 1. The first-order valence-electron chi connectivity index (χ1n) is 11.8. The molecule has 4 nitrogen and oxygen atoms in total. The van der Waals surface area contributed by atoms with Crippen LogP contribution in [0.3, 0.4) is 0 Å². The maximum atomic E-state index is 13.3. The number of anilines is 1. The van der Waals surface area contributed by atoms with Crippen LogP contribution in [0.5, 0.6) is 5.75 Å². The van der Waals surface area contributed by atoms with Crippen molar-refractivity contribution in [2.75, 3.05) is 31.3 Å². The van der Waals surface area contributed by atoms with Gasteiger partial charge in [0.05, 0.1) is 27.9 Å². The van der Waals surface area contributed by atoms with Crippen LogP contribution in [0.1, 0.15) is 31.4 Å². The first kappa shape index (κ1) is 26.6. The lowest BCUT2D eigenvalue weighted by Gasteiger charge is -2.33. The summed E-state index contributed by atoms with van der Waals surface area (Å²) in [6.45, 7) is 5.22. The molecule has 1 aliphatic heterocycles. The number of ether oxygens (including phenoxy) is 1. The predicted octanol–water partition coefficient (Wildman–Crippen LogP) is 7.50. The van der Waals surface area contributed by atoms with E-state index in [4.69, 9.17) is 27.9 Å². The van der Waals surface area contributed by atoms with E-state index in [1.165, 1.54) is 0 Å². The van der Waals surface area contributed by atoms with Crippen LogP contribution in [-0.4, -0.2) is 36.4 Å². The van der Waals surface area contributed by atoms with Gasteiger partial charge >= 0.3 is 6.18 Å². The monoisotopic (exact) mass is 538 g/mol. The number of aliphatic hydroxyl groups is 1. The average molecular weight is 539 g/mol. The lowest BCUT2D eigenvalue weighted by atomic mass is 9.96. The minimum Gasteiger partial charge on any atom is -0.491 e. The zero-order valence-electron chi connectivity index (χ0n) is 20.0. The Labute approximate surface area is 218 Å². The fourth-order valence-electron chi connectivity index (χ4n) is 4.72. The molecule has 3 aromatic carbocycles. The molecule has 0 aromatic heterocycles. The van der Waals surface area contributed by atoms with Gasteiger partial charge in [0, 0.05) is 30.8 Å². The molecule has 0 fully saturated rings. The second kappa shape index (κ2) is 10.9. The van der Waals surface area contributed by atoms with Gasteiger partial charge in [0.15, 0.2) is 0 Å². The van der Waals surface area contributed by atoms with Gasteiger partial charge in [0.25, 0.3) is 0 Å². The van der Waals surface area contributed by atoms with Crippen molar-refractivity contribution in [3.8, 4) is 5.75 Å². The minimum atomic E-state index is -4.55. The molecule has 3 aromatic rings. The Kier molecular flexibility index (Phi) is 8.05. The lowest BCUT2D eigenvalue weighted by Crippen LogP contribution is -2.37. The summed E-state index contributed by atoms with van der Waals surface area (Å²) in [6, 6.07) is 13.8. The fourth-order valence-corrected chi connectivity index (χ4v) is 5.37. The molecule has 1 N–H and O–H groups in total. The number of nitrogens with zero attached hydrogens (tertiary/aromatic N) is 2. The van der Waals surface area contributed by atoms with Gasteiger partial charge < -0.3 is 9.84 Å². The number of benzene rings is 3. The molecular weight excluding hydrogens is 512 g/mol. The Bertz CT molecular complexity index is 1270. The number of rotatable bonds is 8. The molecule has 0 unspecified atom stereocenters. The number of alkyl halides is 3. The third-order valence-electron chi connectivity index (χ3n) is 6.31. The SMILES string of the molecule is CCC1=C(Cc2c(OCCO)ccc3ccccc23)CN(CC)N1c1c(Cl)cc(C(F)(F)F)cc1Cl. The molecule has 0 aliphatic carbocycles. The van der Waals surface area contributed by atoms with E-state index in [9.17, 15) is 18.3 Å². The normalized spacial score (nSPS) is 14.8. The number of hydrogen-bond acceptors (Lipinski definition) is 4. The molecule has 0 spiro atoms. The molecule has 1 heterocycles. The van der Waals surface area contributed by atoms with Crippen molar-refractivity contribution in [2.24, 2.45) is 0 Å². The van der Waals surface area contributed by atoms with Gasteiger partial charge in [0.2, 0.25) is 0 Å². The fraction of sp³-hybridized carbons (Fsp3) is 0.333. The quantitative estimate of drug-likeness (QED) is 0.322. The third-order valence-corrected chi connectivity index (χ3v) is 6.89. The van der Waals surface area contributed by atoms with Crippen molar-refractivity contribution in [1.82, 2.24) is 5.01 Å². The van der Waals surface area contributed by atoms with Crippen molar-refractivity contribution in [3.05, 3.63) is 81.0 Å². The van der Waals surface area contributed by atoms with Gasteiger partial charge in [-0.3, -0.25) is 5.01 Å². The Morgan fingerprint density at radius 1 is 1.03 bits per heavy atom. The van der Waals surface area contributed by atoms with Gasteiger partial charge in [0.1, 0.15) is 12.4 Å². The Balaban J connectivity index is 1.82. The number of aliphatic hydroxyl groups excluding tert-OH is 1. The number of allylic oxidation sites excluding steroid dienone is 1. The summed E-state index contributed by atoms with van der Waals surface area (Å²) in [5, 5.41) is 15.2. The summed E-state index contributed by atoms with van der Waals surface area (Å²) in [7, 11) is 0. The van der Waals surface area contributed by atoms with Gasteiger partial charge in [-0.05, 0) is 41.0 Å². The number of hydrogen-bond donors (Lipinski definition) is 1. The highest BCUT2D eigenvalue weighted by atomic mass is 35.5. The average Bonchev–Trinajstić information content (AvgIpc) is 3.19. The molecule has 1 aliphatic rings. The molecule has 4 rings (SSSR count). The van der Waals surface area contributed by atoms with Crippen LogP contribution in [-0.2, 0) is 12.6 Å². The van der Waals surface area contributed by atoms with Crippen molar-refractivity contribution in [1.29, 1.82) is 0 Å². The molecule has 36 heavy (non-hydrogen) atoms. The smallest absolute Gasteiger partial charge is 0.416 e. The molecule has 192 valence electrons. The van der Waals surface area contributed by atoms with Gasteiger partial charge in [-0.25, -0.2) is 5.01 Å². The molecule has 0 radical (unpaired) electrons. The van der Waals surface area contributed by atoms with E-state index in [1.807, 2.05) is 60.3 Å². The number of halogens is 5. The van der Waals surface area contributed by atoms with E-state index in [-0.39, 0.29) is 23.3 Å². The van der Waals surface area contributed by atoms with E-state index in [0.29, 0.717) is 37.4 Å². The maximum Gasteiger partial charge on any atom is 0.416 e. The zero-order valence-corrected chi connectivity index (χ0v) is 21.5. The first-order chi connectivity index (χ1) is 17.2. The van der Waals surface area contributed by atoms with Gasteiger partial charge in [-0.1, -0.05) is 67.4 Å². The van der Waals surface area contributed by atoms with Crippen LogP contribution in [0.15, 0.2) is 59.8 Å². The summed E-state index contributed by atoms with van der Waals surface area (Å²) in [4.78, 5) is 0. The Morgan fingerprint density at radius 3 is 2.33 bits per heavy atom. The Hall–Kier alpha value is -2.45. The van der Waals surface area contributed by atoms with E-state index in [1.54, 1.807) is 0 Å². The highest BCUT2D eigenvalue weighted by Gasteiger charge is 2.36. The number of fused-ring (bicyclic) bond motifs is 1. The molecule has 0 atom stereocenters. The highest BCUT2D eigenvalue weighted by Crippen LogP contribution is 2.45. The summed E-state index contributed by atoms with van der Waals surface area (Å²) in [6.07, 6.45) is -3.36. The van der Waals surface area contributed by atoms with Crippen LogP contribution in [0.2, 0.25) is 10.0 Å². The van der Waals surface area contributed by atoms with Crippen molar-refractivity contribution < 1.29 is 23.0 Å². The van der Waals surface area contributed by atoms with Crippen molar-refractivity contribution >= 4 is 39.7 Å². The highest BCUT2D eigenvalue weighted by molar-refractivity contribution is 6.39. The topological polar surface area (TPSA) is 35.9 Å². The number of hydrazine groups is 1. The van der Waals surface area contributed by atoms with Crippen LogP contribution in [0, 0.1) is 0 Å². The summed E-state index contributed by atoms with van der Waals surface area (Å²) in [5.74, 6) is 0.692. The summed E-state index contributed by atoms with van der Waals surface area (Å²) >= 11 is 12.8. The molecular formula is C27H27Cl2F3N2O2. The van der Waals surface area contributed by atoms with Gasteiger partial charge in [-0.15, -0.1) is 0 Å². The van der Waals surface area contributed by atoms with E-state index >= 15 is 0 Å². The van der Waals surface area contributed by atoms with Crippen molar-refractivity contribution in [3.63, 3.8) is 0 Å². The van der Waals surface area contributed by atoms with Gasteiger partial charge in [-0.2, -0.15) is 13.2 Å². The lowest BCUT2D eigenvalue weighted by molar-refractivity contribution is -0.137. The van der Waals surface area contributed by atoms with Crippen LogP contribution < -0.4 is 9.75 Å². The summed E-state index contributed by atoms with van der Waals surface area (Å²) in [5.41, 5.74) is 2.48. The summed E-state index contributed by atoms with van der Waals surface area (Å²) < 4.78 is 45.8. The molecule has 0 amide bonds. The molecule has 0 saturated carbocycles. The second-order valence-electron chi connectivity index (χ2n) is 8.49. The second-order valence-corrected chi connectivity index (χ2v) is 9.31. The van der Waals surface area contributed by atoms with E-state index in [0.717, 1.165) is 39.7 Å². The minimum absolute atomic E-state index is 0.0578. The molecule has 0 bridgehead atoms. The molecule has 0 saturated heterocycles. The van der Waals surface area contributed by atoms with Crippen LogP contribution in [0.25, 0.3) is 10.8 Å². The Morgan fingerprint density at radius 2 is 1.72 bits per heavy atom. The third kappa shape index (κ3) is 5.16. The van der Waals surface area contributed by atoms with E-state index < -0.39 is 11.7 Å². The van der Waals surface area contributed by atoms with E-state index in [2.05, 4.69) is 0 Å². The largest absolute Gasteiger partial charge is 0.491 e. The van der Waals surface area contributed by atoms with Crippen LogP contribution >= 0.6 is 23.2 Å². The van der Waals surface area contributed by atoms with Crippen molar-refractivity contribution in [2.45, 2.75) is 32.9 Å².